The summed E-state index contributed by atoms with van der Waals surface area (Å²) in [6.45, 7) is 7.58. The van der Waals surface area contributed by atoms with Crippen molar-refractivity contribution in [1.29, 1.82) is 0 Å². The highest BCUT2D eigenvalue weighted by molar-refractivity contribution is 5.81. The highest BCUT2D eigenvalue weighted by atomic mass is 16.6. The van der Waals surface area contributed by atoms with Crippen LogP contribution in [-0.4, -0.2) is 49.7 Å². The van der Waals surface area contributed by atoms with Gasteiger partial charge in [-0.1, -0.05) is 26.0 Å². The van der Waals surface area contributed by atoms with Crippen LogP contribution in [0.25, 0.3) is 0 Å². The first-order chi connectivity index (χ1) is 12.0. The Morgan fingerprint density at radius 1 is 1.04 bits per heavy atom. The molecule has 6 nitrogen and oxygen atoms in total. The number of amides is 1. The molecule has 1 saturated heterocycles. The first-order valence-corrected chi connectivity index (χ1v) is 8.77. The molecule has 0 saturated carbocycles. The number of benzene rings is 1. The van der Waals surface area contributed by atoms with Crippen LogP contribution >= 0.6 is 0 Å². The molecule has 1 aliphatic rings. The summed E-state index contributed by atoms with van der Waals surface area (Å²) in [4.78, 5) is 25.8. The minimum atomic E-state index is -0.572. The largest absolute Gasteiger partial charge is 0.490 e. The lowest BCUT2D eigenvalue weighted by Gasteiger charge is -2.34. The van der Waals surface area contributed by atoms with E-state index in [1.54, 1.807) is 23.1 Å². The van der Waals surface area contributed by atoms with Gasteiger partial charge >= 0.3 is 5.97 Å². The van der Waals surface area contributed by atoms with Crippen molar-refractivity contribution >= 4 is 11.9 Å². The van der Waals surface area contributed by atoms with Crippen molar-refractivity contribution in [3.63, 3.8) is 0 Å². The molecule has 25 heavy (non-hydrogen) atoms. The first kappa shape index (κ1) is 19.1. The topological polar surface area (TPSA) is 65.1 Å². The summed E-state index contributed by atoms with van der Waals surface area (Å²) in [6.07, 6.45) is 1.12. The van der Waals surface area contributed by atoms with E-state index < -0.39 is 5.97 Å². The number of piperidine rings is 1. The number of ether oxygens (including phenoxy) is 3. The smallest absolute Gasteiger partial charge is 0.344 e. The number of rotatable bonds is 7. The van der Waals surface area contributed by atoms with Crippen molar-refractivity contribution in [3.05, 3.63) is 24.3 Å². The van der Waals surface area contributed by atoms with Crippen molar-refractivity contribution in [3.8, 4) is 11.5 Å². The fourth-order valence-corrected chi connectivity index (χ4v) is 3.12. The van der Waals surface area contributed by atoms with Gasteiger partial charge < -0.3 is 19.1 Å². The van der Waals surface area contributed by atoms with Gasteiger partial charge in [0.2, 0.25) is 0 Å². The average Bonchev–Trinajstić information content (AvgIpc) is 2.58. The Morgan fingerprint density at radius 2 is 1.64 bits per heavy atom. The van der Waals surface area contributed by atoms with Crippen LogP contribution in [0.4, 0.5) is 0 Å². The zero-order valence-corrected chi connectivity index (χ0v) is 15.2. The molecule has 1 aromatic carbocycles. The summed E-state index contributed by atoms with van der Waals surface area (Å²) in [5.74, 6) is 1.28. The monoisotopic (exact) mass is 349 g/mol. The molecule has 2 atom stereocenters. The minimum absolute atomic E-state index is 0.151. The van der Waals surface area contributed by atoms with Gasteiger partial charge in [0.25, 0.3) is 5.91 Å². The van der Waals surface area contributed by atoms with Crippen molar-refractivity contribution in [2.75, 3.05) is 32.9 Å². The highest BCUT2D eigenvalue weighted by Gasteiger charge is 2.25. The van der Waals surface area contributed by atoms with E-state index in [1.165, 1.54) is 0 Å². The number of hydrogen-bond donors (Lipinski definition) is 0. The molecule has 0 spiro atoms. The second kappa shape index (κ2) is 9.30. The lowest BCUT2D eigenvalue weighted by atomic mass is 9.92. The molecular weight excluding hydrogens is 322 g/mol. The van der Waals surface area contributed by atoms with Crippen LogP contribution in [0.5, 0.6) is 11.5 Å². The van der Waals surface area contributed by atoms with Gasteiger partial charge in [0.05, 0.1) is 6.61 Å². The molecule has 0 N–H and O–H groups in total. The molecule has 1 amide bonds. The van der Waals surface area contributed by atoms with Gasteiger partial charge in [-0.3, -0.25) is 4.79 Å². The van der Waals surface area contributed by atoms with Crippen molar-refractivity contribution < 1.29 is 23.8 Å². The number of hydrogen-bond acceptors (Lipinski definition) is 5. The van der Waals surface area contributed by atoms with E-state index in [2.05, 4.69) is 13.8 Å². The molecular formula is C19H27NO5. The van der Waals surface area contributed by atoms with Crippen LogP contribution in [0.15, 0.2) is 24.3 Å². The molecule has 0 bridgehead atoms. The Balaban J connectivity index is 1.76. The van der Waals surface area contributed by atoms with Crippen LogP contribution in [-0.2, 0) is 14.3 Å². The SMILES string of the molecule is CCOc1ccccc1OCC(=O)OCC(=O)N1CC(C)CC(C)C1. The second-order valence-corrected chi connectivity index (χ2v) is 6.57. The lowest BCUT2D eigenvalue weighted by molar-refractivity contribution is -0.154. The van der Waals surface area contributed by atoms with E-state index in [0.717, 1.165) is 19.5 Å². The minimum Gasteiger partial charge on any atom is -0.490 e. The maximum Gasteiger partial charge on any atom is 0.344 e. The summed E-state index contributed by atoms with van der Waals surface area (Å²) >= 11 is 0. The maximum absolute atomic E-state index is 12.2. The first-order valence-electron chi connectivity index (χ1n) is 8.77. The Bertz CT molecular complexity index is 579. The predicted octanol–water partition coefficient (Wildman–Crippen LogP) is 2.51. The molecule has 1 aromatic rings. The fraction of sp³-hybridized carbons (Fsp3) is 0.579. The summed E-state index contributed by atoms with van der Waals surface area (Å²) < 4.78 is 15.9. The third-order valence-corrected chi connectivity index (χ3v) is 4.07. The predicted molar refractivity (Wildman–Crippen MR) is 93.6 cm³/mol. The summed E-state index contributed by atoms with van der Waals surface area (Å²) in [5.41, 5.74) is 0. The third kappa shape index (κ3) is 5.96. The molecule has 1 aliphatic heterocycles. The molecule has 6 heteroatoms. The van der Waals surface area contributed by atoms with E-state index >= 15 is 0 Å². The summed E-state index contributed by atoms with van der Waals surface area (Å²) in [5, 5.41) is 0. The average molecular weight is 349 g/mol. The van der Waals surface area contributed by atoms with E-state index in [0.29, 0.717) is 29.9 Å². The second-order valence-electron chi connectivity index (χ2n) is 6.57. The highest BCUT2D eigenvalue weighted by Crippen LogP contribution is 2.26. The van der Waals surface area contributed by atoms with Gasteiger partial charge in [0.1, 0.15) is 0 Å². The molecule has 2 unspecified atom stereocenters. The van der Waals surface area contributed by atoms with Crippen LogP contribution in [0.2, 0.25) is 0 Å². The summed E-state index contributed by atoms with van der Waals surface area (Å²) in [7, 11) is 0. The quantitative estimate of drug-likeness (QED) is 0.708. The number of esters is 1. The molecule has 138 valence electrons. The molecule has 0 radical (unpaired) electrons. The van der Waals surface area contributed by atoms with Gasteiger partial charge in [-0.05, 0) is 37.3 Å². The number of nitrogens with zero attached hydrogens (tertiary/aromatic N) is 1. The number of carbonyl (C=O) groups excluding carboxylic acids is 2. The Morgan fingerprint density at radius 3 is 2.24 bits per heavy atom. The molecule has 1 heterocycles. The molecule has 0 aromatic heterocycles. The third-order valence-electron chi connectivity index (χ3n) is 4.07. The van der Waals surface area contributed by atoms with E-state index in [9.17, 15) is 9.59 Å². The van der Waals surface area contributed by atoms with Gasteiger partial charge in [0.15, 0.2) is 24.7 Å². The van der Waals surface area contributed by atoms with Gasteiger partial charge in [0, 0.05) is 13.1 Å². The standard InChI is InChI=1S/C19H27NO5/c1-4-23-16-7-5-6-8-17(16)24-13-19(22)25-12-18(21)20-10-14(2)9-15(3)11-20/h5-8,14-15H,4,9-13H2,1-3H3. The zero-order valence-electron chi connectivity index (χ0n) is 15.2. The Kier molecular flexibility index (Phi) is 7.10. The zero-order chi connectivity index (χ0) is 18.2. The molecule has 2 rings (SSSR count). The van der Waals surface area contributed by atoms with Gasteiger partial charge in [-0.2, -0.15) is 0 Å². The molecule has 1 fully saturated rings. The van der Waals surface area contributed by atoms with Crippen molar-refractivity contribution in [2.45, 2.75) is 27.2 Å². The Hall–Kier alpha value is -2.24. The van der Waals surface area contributed by atoms with Gasteiger partial charge in [-0.25, -0.2) is 4.79 Å². The van der Waals surface area contributed by atoms with Crippen LogP contribution in [0, 0.1) is 11.8 Å². The molecule has 0 aliphatic carbocycles. The van der Waals surface area contributed by atoms with Crippen molar-refractivity contribution in [1.82, 2.24) is 4.90 Å². The normalized spacial score (nSPS) is 20.0. The van der Waals surface area contributed by atoms with Crippen molar-refractivity contribution in [2.24, 2.45) is 11.8 Å². The van der Waals surface area contributed by atoms with Crippen LogP contribution < -0.4 is 9.47 Å². The maximum atomic E-state index is 12.2. The summed E-state index contributed by atoms with van der Waals surface area (Å²) in [6, 6.07) is 7.12. The number of likely N-dealkylation sites (tertiary alicyclic amines) is 1. The van der Waals surface area contributed by atoms with Crippen LogP contribution in [0.1, 0.15) is 27.2 Å². The Labute approximate surface area is 149 Å². The van der Waals surface area contributed by atoms with Crippen LogP contribution in [0.3, 0.4) is 0 Å². The number of para-hydroxylation sites is 2. The van der Waals surface area contributed by atoms with E-state index in [1.807, 2.05) is 13.0 Å². The van der Waals surface area contributed by atoms with E-state index in [4.69, 9.17) is 14.2 Å². The lowest BCUT2D eigenvalue weighted by Crippen LogP contribution is -2.44. The van der Waals surface area contributed by atoms with E-state index in [-0.39, 0.29) is 19.1 Å². The number of carbonyl (C=O) groups is 2. The van der Waals surface area contributed by atoms with Gasteiger partial charge in [-0.15, -0.1) is 0 Å². The fourth-order valence-electron chi connectivity index (χ4n) is 3.12.